The van der Waals surface area contributed by atoms with Gasteiger partial charge in [0.25, 0.3) is 0 Å². The number of ether oxygens (including phenoxy) is 1. The molecule has 2 rings (SSSR count). The van der Waals surface area contributed by atoms with Gasteiger partial charge in [-0.15, -0.1) is 10.2 Å². The van der Waals surface area contributed by atoms with Gasteiger partial charge in [-0.2, -0.15) is 0 Å². The van der Waals surface area contributed by atoms with E-state index in [1.165, 1.54) is 7.11 Å². The van der Waals surface area contributed by atoms with Crippen LogP contribution in [-0.4, -0.2) is 46.9 Å². The van der Waals surface area contributed by atoms with Crippen LogP contribution in [0.2, 0.25) is 0 Å². The number of aryl methyl sites for hydroxylation is 1. The lowest BCUT2D eigenvalue weighted by molar-refractivity contribution is -0.142. The summed E-state index contributed by atoms with van der Waals surface area (Å²) < 4.78 is 10.3. The molecule has 0 saturated carbocycles. The van der Waals surface area contributed by atoms with E-state index in [2.05, 4.69) is 15.5 Å². The average molecular weight is 333 g/mol. The van der Waals surface area contributed by atoms with Crippen molar-refractivity contribution in [3.05, 3.63) is 36.2 Å². The highest BCUT2D eigenvalue weighted by atomic mass is 16.5. The van der Waals surface area contributed by atoms with Crippen molar-refractivity contribution < 1.29 is 23.8 Å². The largest absolute Gasteiger partial charge is 0.480 e. The second kappa shape index (κ2) is 8.78. The number of aromatic nitrogens is 2. The first-order valence-electron chi connectivity index (χ1n) is 7.49. The van der Waals surface area contributed by atoms with Crippen molar-refractivity contribution in [1.82, 2.24) is 15.5 Å². The molecule has 1 heterocycles. The van der Waals surface area contributed by atoms with Crippen molar-refractivity contribution in [3.8, 4) is 11.5 Å². The van der Waals surface area contributed by atoms with E-state index in [4.69, 9.17) is 14.3 Å². The van der Waals surface area contributed by atoms with Gasteiger partial charge < -0.3 is 19.6 Å². The summed E-state index contributed by atoms with van der Waals surface area (Å²) in [6.07, 6.45) is 0.506. The first-order chi connectivity index (χ1) is 11.6. The van der Waals surface area contributed by atoms with Gasteiger partial charge in [-0.3, -0.25) is 4.79 Å². The van der Waals surface area contributed by atoms with E-state index in [0.717, 1.165) is 5.56 Å². The van der Waals surface area contributed by atoms with E-state index in [-0.39, 0.29) is 25.9 Å². The number of nitrogens with zero attached hydrogens (tertiary/aromatic N) is 2. The maximum atomic E-state index is 11.9. The van der Waals surface area contributed by atoms with Gasteiger partial charge in [-0.25, -0.2) is 4.79 Å². The fraction of sp³-hybridized carbons (Fsp3) is 0.375. The lowest BCUT2D eigenvalue weighted by atomic mass is 10.2. The maximum Gasteiger partial charge on any atom is 0.326 e. The lowest BCUT2D eigenvalue weighted by Crippen LogP contribution is -2.41. The van der Waals surface area contributed by atoms with Crippen LogP contribution in [0.5, 0.6) is 0 Å². The van der Waals surface area contributed by atoms with Crippen LogP contribution in [0.15, 0.2) is 34.7 Å². The topological polar surface area (TPSA) is 115 Å². The number of aliphatic carboxylic acids is 1. The number of carbonyl (C=O) groups excluding carboxylic acids is 1. The fourth-order valence-electron chi connectivity index (χ4n) is 2.03. The highest BCUT2D eigenvalue weighted by molar-refractivity contribution is 5.83. The number of carboxylic acid groups (broad SMARTS) is 1. The van der Waals surface area contributed by atoms with Crippen LogP contribution in [0.25, 0.3) is 11.5 Å². The Kier molecular flexibility index (Phi) is 6.44. The van der Waals surface area contributed by atoms with E-state index < -0.39 is 17.9 Å². The van der Waals surface area contributed by atoms with Crippen LogP contribution < -0.4 is 5.32 Å². The van der Waals surface area contributed by atoms with Crippen LogP contribution >= 0.6 is 0 Å². The van der Waals surface area contributed by atoms with Gasteiger partial charge in [0.2, 0.25) is 17.7 Å². The minimum absolute atomic E-state index is 0.0627. The summed E-state index contributed by atoms with van der Waals surface area (Å²) in [6.45, 7) is 0.251. The van der Waals surface area contributed by atoms with Crippen LogP contribution in [0.4, 0.5) is 0 Å². The fourth-order valence-corrected chi connectivity index (χ4v) is 2.03. The molecule has 0 saturated heterocycles. The molecule has 128 valence electrons. The molecule has 8 nitrogen and oxygen atoms in total. The predicted octanol–water partition coefficient (Wildman–Crippen LogP) is 1.28. The molecule has 1 atom stereocenters. The third-order valence-electron chi connectivity index (χ3n) is 3.30. The minimum Gasteiger partial charge on any atom is -0.480 e. The molecule has 0 bridgehead atoms. The van der Waals surface area contributed by atoms with E-state index >= 15 is 0 Å². The minimum atomic E-state index is -1.09. The van der Waals surface area contributed by atoms with Crippen molar-refractivity contribution in [2.75, 3.05) is 13.7 Å². The van der Waals surface area contributed by atoms with Crippen molar-refractivity contribution in [3.63, 3.8) is 0 Å². The number of hydrogen-bond donors (Lipinski definition) is 2. The predicted molar refractivity (Wildman–Crippen MR) is 84.1 cm³/mol. The second-order valence-corrected chi connectivity index (χ2v) is 5.11. The quantitative estimate of drug-likeness (QED) is 0.710. The monoisotopic (exact) mass is 333 g/mol. The summed E-state index contributed by atoms with van der Waals surface area (Å²) in [5.74, 6) is -0.773. The zero-order valence-corrected chi connectivity index (χ0v) is 13.3. The Morgan fingerprint density at radius 2 is 2.04 bits per heavy atom. The van der Waals surface area contributed by atoms with E-state index in [1.54, 1.807) is 0 Å². The number of methoxy groups -OCH3 is 1. The Hall–Kier alpha value is -2.74. The lowest BCUT2D eigenvalue weighted by Gasteiger charge is -2.13. The highest BCUT2D eigenvalue weighted by Gasteiger charge is 2.20. The molecular weight excluding hydrogens is 314 g/mol. The molecule has 24 heavy (non-hydrogen) atoms. The Balaban J connectivity index is 1.85. The molecule has 0 aliphatic rings. The molecule has 0 radical (unpaired) electrons. The summed E-state index contributed by atoms with van der Waals surface area (Å²) >= 11 is 0. The number of carboxylic acids is 1. The van der Waals surface area contributed by atoms with Crippen molar-refractivity contribution in [1.29, 1.82) is 0 Å². The van der Waals surface area contributed by atoms with E-state index in [1.807, 2.05) is 30.3 Å². The molecule has 1 unspecified atom stereocenters. The van der Waals surface area contributed by atoms with Gasteiger partial charge in [0.15, 0.2) is 0 Å². The third-order valence-corrected chi connectivity index (χ3v) is 3.30. The van der Waals surface area contributed by atoms with Gasteiger partial charge in [0, 0.05) is 38.5 Å². The molecule has 0 spiro atoms. The number of benzene rings is 1. The van der Waals surface area contributed by atoms with Crippen molar-refractivity contribution in [2.45, 2.75) is 25.3 Å². The number of nitrogens with one attached hydrogen (secondary N) is 1. The van der Waals surface area contributed by atoms with E-state index in [0.29, 0.717) is 11.8 Å². The Labute approximate surface area is 138 Å². The standard InChI is InChI=1S/C16H19N3O5/c1-23-10-9-12(16(21)22)17-13(20)7-8-14-18-19-15(24-14)11-5-3-2-4-6-11/h2-6,12H,7-10H2,1H3,(H,17,20)(H,21,22). The number of amides is 1. The molecule has 2 N–H and O–H groups in total. The van der Waals surface area contributed by atoms with Crippen molar-refractivity contribution in [2.24, 2.45) is 0 Å². The van der Waals surface area contributed by atoms with Crippen LogP contribution in [0.1, 0.15) is 18.7 Å². The maximum absolute atomic E-state index is 11.9. The Morgan fingerprint density at radius 1 is 1.29 bits per heavy atom. The zero-order chi connectivity index (χ0) is 17.4. The second-order valence-electron chi connectivity index (χ2n) is 5.11. The normalized spacial score (nSPS) is 11.9. The van der Waals surface area contributed by atoms with Gasteiger partial charge >= 0.3 is 5.97 Å². The number of hydrogen-bond acceptors (Lipinski definition) is 6. The summed E-state index contributed by atoms with van der Waals surface area (Å²) in [5, 5.41) is 19.3. The molecule has 2 aromatic rings. The van der Waals surface area contributed by atoms with E-state index in [9.17, 15) is 9.59 Å². The van der Waals surface area contributed by atoms with Gasteiger partial charge in [-0.1, -0.05) is 18.2 Å². The molecule has 0 fully saturated rings. The number of rotatable bonds is 9. The molecule has 1 amide bonds. The highest BCUT2D eigenvalue weighted by Crippen LogP contribution is 2.17. The SMILES string of the molecule is COCCC(NC(=O)CCc1nnc(-c2ccccc2)o1)C(=O)O. The first-order valence-corrected chi connectivity index (χ1v) is 7.49. The van der Waals surface area contributed by atoms with Crippen LogP contribution in [-0.2, 0) is 20.7 Å². The molecule has 0 aliphatic heterocycles. The summed E-state index contributed by atoms with van der Waals surface area (Å²) in [7, 11) is 1.47. The van der Waals surface area contributed by atoms with Gasteiger partial charge in [0.05, 0.1) is 0 Å². The molecule has 0 aliphatic carbocycles. The molecule has 8 heteroatoms. The van der Waals surface area contributed by atoms with Crippen molar-refractivity contribution >= 4 is 11.9 Å². The third kappa shape index (κ3) is 5.17. The Morgan fingerprint density at radius 3 is 2.71 bits per heavy atom. The molecule has 1 aromatic heterocycles. The molecular formula is C16H19N3O5. The smallest absolute Gasteiger partial charge is 0.326 e. The van der Waals surface area contributed by atoms with Gasteiger partial charge in [0.1, 0.15) is 6.04 Å². The summed E-state index contributed by atoms with van der Waals surface area (Å²) in [5.41, 5.74) is 0.797. The van der Waals surface area contributed by atoms with Gasteiger partial charge in [-0.05, 0) is 12.1 Å². The summed E-state index contributed by atoms with van der Waals surface area (Å²) in [6, 6.07) is 8.32. The number of carbonyl (C=O) groups is 2. The summed E-state index contributed by atoms with van der Waals surface area (Å²) in [4.78, 5) is 22.9. The average Bonchev–Trinajstić information content (AvgIpc) is 3.06. The van der Waals surface area contributed by atoms with Crippen LogP contribution in [0, 0.1) is 0 Å². The first kappa shape index (κ1) is 17.6. The molecule has 1 aromatic carbocycles. The van der Waals surface area contributed by atoms with Crippen LogP contribution in [0.3, 0.4) is 0 Å². The Bertz CT molecular complexity index is 671. The zero-order valence-electron chi connectivity index (χ0n) is 13.3.